The van der Waals surface area contributed by atoms with Gasteiger partial charge < -0.3 is 4.12 Å². The van der Waals surface area contributed by atoms with E-state index in [4.69, 9.17) is 4.12 Å². The molecule has 0 unspecified atom stereocenters. The van der Waals surface area contributed by atoms with Gasteiger partial charge >= 0.3 is 0 Å². The molecule has 0 aliphatic carbocycles. The van der Waals surface area contributed by atoms with Gasteiger partial charge in [-0.3, -0.25) is 0 Å². The molecule has 1 nitrogen and oxygen atoms in total. The van der Waals surface area contributed by atoms with E-state index in [9.17, 15) is 0 Å². The van der Waals surface area contributed by atoms with Gasteiger partial charge in [-0.05, 0) is 51.1 Å². The van der Waals surface area contributed by atoms with Crippen molar-refractivity contribution in [2.45, 2.75) is 76.8 Å². The maximum atomic E-state index is 6.61. The third-order valence-corrected chi connectivity index (χ3v) is 11.0. The van der Waals surface area contributed by atoms with Gasteiger partial charge in [-0.25, -0.2) is 0 Å². The maximum absolute atomic E-state index is 6.61. The first-order valence-electron chi connectivity index (χ1n) is 7.75. The summed E-state index contributed by atoms with van der Waals surface area (Å²) in [5.74, 6) is 0. The topological polar surface area (TPSA) is 9.23 Å². The lowest BCUT2D eigenvalue weighted by molar-refractivity contribution is 0.527. The minimum Gasteiger partial charge on any atom is -0.455 e. The lowest BCUT2D eigenvalue weighted by Gasteiger charge is -2.34. The summed E-state index contributed by atoms with van der Waals surface area (Å²) in [5.41, 5.74) is 0. The Morgan fingerprint density at radius 2 is 1.11 bits per heavy atom. The van der Waals surface area contributed by atoms with E-state index in [0.717, 1.165) is 12.8 Å². The second-order valence-electron chi connectivity index (χ2n) is 6.69. The Balaban J connectivity index is 3.99. The van der Waals surface area contributed by atoms with Gasteiger partial charge in [-0.15, -0.1) is 13.2 Å². The van der Waals surface area contributed by atoms with Crippen molar-refractivity contribution in [3.63, 3.8) is 0 Å². The van der Waals surface area contributed by atoms with E-state index in [1.54, 1.807) is 0 Å². The fourth-order valence-corrected chi connectivity index (χ4v) is 11.5. The standard InChI is InChI=1S/C16H34OSi2/c1-7-9-11-13-15-18(3,4)17-19(5,6)16-14-12-10-8-2/h7-8H,1-2,9-16H2,3-6H3. The summed E-state index contributed by atoms with van der Waals surface area (Å²) in [5, 5.41) is 0. The van der Waals surface area contributed by atoms with E-state index in [0.29, 0.717) is 0 Å². The summed E-state index contributed by atoms with van der Waals surface area (Å²) in [6, 6.07) is 2.59. The predicted molar refractivity (Wildman–Crippen MR) is 93.8 cm³/mol. The second kappa shape index (κ2) is 9.73. The summed E-state index contributed by atoms with van der Waals surface area (Å²) in [6.45, 7) is 17.1. The van der Waals surface area contributed by atoms with Gasteiger partial charge in [-0.1, -0.05) is 37.8 Å². The number of unbranched alkanes of at least 4 members (excludes halogenated alkanes) is 4. The Morgan fingerprint density at radius 3 is 1.42 bits per heavy atom. The van der Waals surface area contributed by atoms with E-state index in [-0.39, 0.29) is 0 Å². The number of allylic oxidation sites excluding steroid dienone is 2. The van der Waals surface area contributed by atoms with Crippen LogP contribution in [0.3, 0.4) is 0 Å². The summed E-state index contributed by atoms with van der Waals surface area (Å²) in [6.07, 6.45) is 11.5. The van der Waals surface area contributed by atoms with E-state index in [1.807, 2.05) is 12.2 Å². The van der Waals surface area contributed by atoms with Crippen molar-refractivity contribution in [1.29, 1.82) is 0 Å². The van der Waals surface area contributed by atoms with Crippen molar-refractivity contribution >= 4 is 16.6 Å². The van der Waals surface area contributed by atoms with Crippen LogP contribution in [0.4, 0.5) is 0 Å². The Morgan fingerprint density at radius 1 is 0.737 bits per heavy atom. The molecule has 0 heterocycles. The Labute approximate surface area is 123 Å². The fraction of sp³-hybridized carbons (Fsp3) is 0.750. The predicted octanol–water partition coefficient (Wildman–Crippen LogP) is 6.13. The van der Waals surface area contributed by atoms with Crippen LogP contribution in [0.1, 0.15) is 38.5 Å². The van der Waals surface area contributed by atoms with Gasteiger partial charge in [0.25, 0.3) is 0 Å². The Kier molecular flexibility index (Phi) is 9.66. The molecule has 0 rings (SSSR count). The molecular formula is C16H34OSi2. The molecule has 0 aromatic rings. The number of hydrogen-bond donors (Lipinski definition) is 0. The van der Waals surface area contributed by atoms with Crippen LogP contribution in [0.2, 0.25) is 38.3 Å². The zero-order valence-corrected chi connectivity index (χ0v) is 15.6. The van der Waals surface area contributed by atoms with Crippen LogP contribution in [0.15, 0.2) is 25.3 Å². The van der Waals surface area contributed by atoms with Gasteiger partial charge in [-0.2, -0.15) is 0 Å². The monoisotopic (exact) mass is 298 g/mol. The van der Waals surface area contributed by atoms with E-state index < -0.39 is 16.6 Å². The van der Waals surface area contributed by atoms with Gasteiger partial charge in [0.05, 0.1) is 0 Å². The highest BCUT2D eigenvalue weighted by molar-refractivity contribution is 6.84. The molecule has 0 N–H and O–H groups in total. The largest absolute Gasteiger partial charge is 0.455 e. The third kappa shape index (κ3) is 11.4. The molecule has 0 aliphatic rings. The van der Waals surface area contributed by atoms with Crippen LogP contribution in [0.25, 0.3) is 0 Å². The molecule has 0 aromatic carbocycles. The van der Waals surface area contributed by atoms with Crippen LogP contribution < -0.4 is 0 Å². The van der Waals surface area contributed by atoms with Crippen LogP contribution in [-0.4, -0.2) is 16.6 Å². The molecule has 0 saturated carbocycles. The third-order valence-electron chi connectivity index (χ3n) is 3.43. The lowest BCUT2D eigenvalue weighted by Crippen LogP contribution is -2.44. The smallest absolute Gasteiger partial charge is 0.173 e. The molecule has 0 aromatic heterocycles. The van der Waals surface area contributed by atoms with Crippen molar-refractivity contribution in [1.82, 2.24) is 0 Å². The highest BCUT2D eigenvalue weighted by atomic mass is 28.4. The second-order valence-corrected chi connectivity index (χ2v) is 15.5. The van der Waals surface area contributed by atoms with Crippen LogP contribution in [0, 0.1) is 0 Å². The molecule has 0 aliphatic heterocycles. The quantitative estimate of drug-likeness (QED) is 0.239. The van der Waals surface area contributed by atoms with Crippen molar-refractivity contribution < 1.29 is 4.12 Å². The molecule has 0 fully saturated rings. The first kappa shape index (κ1) is 18.9. The van der Waals surface area contributed by atoms with Crippen LogP contribution >= 0.6 is 0 Å². The molecule has 0 bridgehead atoms. The zero-order chi connectivity index (χ0) is 14.8. The number of hydrogen-bond acceptors (Lipinski definition) is 1. The van der Waals surface area contributed by atoms with Gasteiger partial charge in [0.1, 0.15) is 0 Å². The molecule has 0 amide bonds. The molecule has 3 heteroatoms. The molecule has 0 spiro atoms. The number of rotatable bonds is 12. The normalized spacial score (nSPS) is 12.4. The molecule has 0 atom stereocenters. The van der Waals surface area contributed by atoms with E-state index in [2.05, 4.69) is 39.3 Å². The summed E-state index contributed by atoms with van der Waals surface area (Å²) < 4.78 is 6.61. The molecule has 0 saturated heterocycles. The highest BCUT2D eigenvalue weighted by Crippen LogP contribution is 2.25. The Hall–Kier alpha value is -0.126. The minimum atomic E-state index is -1.45. The van der Waals surface area contributed by atoms with E-state index in [1.165, 1.54) is 37.8 Å². The average Bonchev–Trinajstić information content (AvgIpc) is 2.29. The Bertz CT molecular complexity index is 233. The SMILES string of the molecule is C=CCCCC[Si](C)(C)O[Si](C)(C)CCCCC=C. The maximum Gasteiger partial charge on any atom is 0.173 e. The van der Waals surface area contributed by atoms with Gasteiger partial charge in [0.15, 0.2) is 16.6 Å². The first-order chi connectivity index (χ1) is 8.83. The lowest BCUT2D eigenvalue weighted by atomic mass is 10.2. The van der Waals surface area contributed by atoms with Crippen molar-refractivity contribution in [3.05, 3.63) is 25.3 Å². The van der Waals surface area contributed by atoms with Crippen molar-refractivity contribution in [2.24, 2.45) is 0 Å². The fourth-order valence-electron chi connectivity index (χ4n) is 2.53. The van der Waals surface area contributed by atoms with Crippen LogP contribution in [-0.2, 0) is 4.12 Å². The molecule has 19 heavy (non-hydrogen) atoms. The first-order valence-corrected chi connectivity index (χ1v) is 14.0. The zero-order valence-electron chi connectivity index (χ0n) is 13.6. The summed E-state index contributed by atoms with van der Waals surface area (Å²) in [7, 11) is -2.90. The van der Waals surface area contributed by atoms with Gasteiger partial charge in [0, 0.05) is 0 Å². The molecule has 112 valence electrons. The molecular weight excluding hydrogens is 264 g/mol. The van der Waals surface area contributed by atoms with E-state index >= 15 is 0 Å². The summed E-state index contributed by atoms with van der Waals surface area (Å²) in [4.78, 5) is 0. The van der Waals surface area contributed by atoms with Crippen molar-refractivity contribution in [2.75, 3.05) is 0 Å². The average molecular weight is 299 g/mol. The highest BCUT2D eigenvalue weighted by Gasteiger charge is 2.31. The summed E-state index contributed by atoms with van der Waals surface area (Å²) >= 11 is 0. The van der Waals surface area contributed by atoms with Crippen LogP contribution in [0.5, 0.6) is 0 Å². The van der Waals surface area contributed by atoms with Gasteiger partial charge in [0.2, 0.25) is 0 Å². The minimum absolute atomic E-state index is 1.15. The van der Waals surface area contributed by atoms with Crippen molar-refractivity contribution in [3.8, 4) is 0 Å². The molecule has 0 radical (unpaired) electrons.